The molecule has 2 atom stereocenters. The minimum absolute atomic E-state index is 0.105. The first-order valence-electron chi connectivity index (χ1n) is 7.86. The maximum absolute atomic E-state index is 12.5. The molecule has 1 aliphatic heterocycles. The maximum Gasteiger partial charge on any atom is 0.326 e. The molecule has 0 spiro atoms. The highest BCUT2D eigenvalue weighted by Gasteiger charge is 2.43. The molecule has 0 aliphatic carbocycles. The average molecular weight is 320 g/mol. The second kappa shape index (κ2) is 7.57. The lowest BCUT2D eigenvalue weighted by Crippen LogP contribution is -2.45. The number of hydrogen-bond acceptors (Lipinski definition) is 4. The molecule has 2 rings (SSSR count). The number of hydrogen-bond donors (Lipinski definition) is 2. The lowest BCUT2D eigenvalue weighted by atomic mass is 10.0. The standard InChI is InChI=1S/C17H24N2O4/c1-11(2)16(23-10-20)19-15(21)14(18-17(19)22)9-8-13-7-5-4-6-12(13)3/h4-7,11,14,16,20H,8-10H2,1-3H3,(H,18,22)/t14-,16-/m0/s1. The molecule has 6 heteroatoms. The van der Waals surface area contributed by atoms with Gasteiger partial charge in [-0.05, 0) is 36.8 Å². The van der Waals surface area contributed by atoms with Gasteiger partial charge in [0.05, 0.1) is 0 Å². The third-order valence-electron chi connectivity index (χ3n) is 4.09. The maximum atomic E-state index is 12.5. The molecular weight excluding hydrogens is 296 g/mol. The summed E-state index contributed by atoms with van der Waals surface area (Å²) in [6.07, 6.45) is 0.497. The molecule has 2 N–H and O–H groups in total. The van der Waals surface area contributed by atoms with Gasteiger partial charge in [0.25, 0.3) is 5.91 Å². The topological polar surface area (TPSA) is 78.9 Å². The molecule has 1 saturated heterocycles. The molecule has 1 aromatic rings. The van der Waals surface area contributed by atoms with Crippen LogP contribution >= 0.6 is 0 Å². The molecule has 126 valence electrons. The van der Waals surface area contributed by atoms with E-state index in [4.69, 9.17) is 9.84 Å². The van der Waals surface area contributed by atoms with E-state index in [0.29, 0.717) is 12.8 Å². The normalized spacial score (nSPS) is 19.3. The van der Waals surface area contributed by atoms with Crippen LogP contribution in [0.3, 0.4) is 0 Å². The van der Waals surface area contributed by atoms with Crippen molar-refractivity contribution in [1.82, 2.24) is 10.2 Å². The highest BCUT2D eigenvalue weighted by Crippen LogP contribution is 2.21. The number of aliphatic hydroxyl groups is 1. The Morgan fingerprint density at radius 1 is 1.30 bits per heavy atom. The van der Waals surface area contributed by atoms with E-state index >= 15 is 0 Å². The van der Waals surface area contributed by atoms with Crippen LogP contribution < -0.4 is 5.32 Å². The number of carbonyl (C=O) groups is 2. The first kappa shape index (κ1) is 17.4. The highest BCUT2D eigenvalue weighted by molar-refractivity contribution is 6.04. The minimum Gasteiger partial charge on any atom is -0.371 e. The van der Waals surface area contributed by atoms with Crippen molar-refractivity contribution in [3.05, 3.63) is 35.4 Å². The van der Waals surface area contributed by atoms with E-state index in [-0.39, 0.29) is 11.8 Å². The Morgan fingerprint density at radius 2 is 2.00 bits per heavy atom. The summed E-state index contributed by atoms with van der Waals surface area (Å²) < 4.78 is 5.16. The van der Waals surface area contributed by atoms with Gasteiger partial charge in [0.1, 0.15) is 19.1 Å². The quantitative estimate of drug-likeness (QED) is 0.593. The number of carbonyl (C=O) groups excluding carboxylic acids is 2. The zero-order chi connectivity index (χ0) is 17.0. The number of ether oxygens (including phenoxy) is 1. The second-order valence-electron chi connectivity index (χ2n) is 6.11. The Bertz CT molecular complexity index is 573. The van der Waals surface area contributed by atoms with Crippen LogP contribution in [0.5, 0.6) is 0 Å². The average Bonchev–Trinajstić information content (AvgIpc) is 2.78. The number of nitrogens with zero attached hydrogens (tertiary/aromatic N) is 1. The van der Waals surface area contributed by atoms with Crippen LogP contribution in [0.15, 0.2) is 24.3 Å². The zero-order valence-corrected chi connectivity index (χ0v) is 13.8. The van der Waals surface area contributed by atoms with Crippen LogP contribution in [0.25, 0.3) is 0 Å². The van der Waals surface area contributed by atoms with Crippen LogP contribution in [0.2, 0.25) is 0 Å². The van der Waals surface area contributed by atoms with Crippen LogP contribution in [-0.2, 0) is 16.0 Å². The van der Waals surface area contributed by atoms with Crippen molar-refractivity contribution in [2.24, 2.45) is 5.92 Å². The summed E-state index contributed by atoms with van der Waals surface area (Å²) in [6, 6.07) is 6.99. The Kier molecular flexibility index (Phi) is 5.74. The molecule has 0 unspecified atom stereocenters. The summed E-state index contributed by atoms with van der Waals surface area (Å²) in [7, 11) is 0. The van der Waals surface area contributed by atoms with E-state index in [1.807, 2.05) is 45.0 Å². The molecule has 0 aromatic heterocycles. The Hall–Kier alpha value is -1.92. The molecule has 0 radical (unpaired) electrons. The van der Waals surface area contributed by atoms with E-state index in [0.717, 1.165) is 4.90 Å². The Morgan fingerprint density at radius 3 is 2.61 bits per heavy atom. The molecule has 0 bridgehead atoms. The van der Waals surface area contributed by atoms with Crippen molar-refractivity contribution in [3.63, 3.8) is 0 Å². The van der Waals surface area contributed by atoms with Gasteiger partial charge in [0.15, 0.2) is 0 Å². The van der Waals surface area contributed by atoms with E-state index in [1.54, 1.807) is 0 Å². The van der Waals surface area contributed by atoms with Gasteiger partial charge in [-0.1, -0.05) is 38.1 Å². The minimum atomic E-state index is -0.754. The van der Waals surface area contributed by atoms with Gasteiger partial charge in [0, 0.05) is 0 Å². The van der Waals surface area contributed by atoms with E-state index in [2.05, 4.69) is 5.32 Å². The predicted molar refractivity (Wildman–Crippen MR) is 85.5 cm³/mol. The summed E-state index contributed by atoms with van der Waals surface area (Å²) >= 11 is 0. The second-order valence-corrected chi connectivity index (χ2v) is 6.11. The van der Waals surface area contributed by atoms with Crippen molar-refractivity contribution in [2.75, 3.05) is 6.79 Å². The van der Waals surface area contributed by atoms with Crippen molar-refractivity contribution in [2.45, 2.75) is 45.9 Å². The van der Waals surface area contributed by atoms with Crippen LogP contribution in [0.1, 0.15) is 31.4 Å². The fourth-order valence-corrected chi connectivity index (χ4v) is 2.82. The fourth-order valence-electron chi connectivity index (χ4n) is 2.82. The molecule has 0 saturated carbocycles. The van der Waals surface area contributed by atoms with Crippen molar-refractivity contribution < 1.29 is 19.4 Å². The van der Waals surface area contributed by atoms with Gasteiger partial charge in [-0.3, -0.25) is 4.79 Å². The molecule has 1 fully saturated rings. The van der Waals surface area contributed by atoms with Crippen molar-refractivity contribution in [3.8, 4) is 0 Å². The van der Waals surface area contributed by atoms with E-state index in [9.17, 15) is 9.59 Å². The lowest BCUT2D eigenvalue weighted by Gasteiger charge is -2.27. The first-order chi connectivity index (χ1) is 11.0. The van der Waals surface area contributed by atoms with Crippen molar-refractivity contribution >= 4 is 11.9 Å². The SMILES string of the molecule is Cc1ccccc1CC[C@@H]1NC(=O)N([C@@H](OCO)C(C)C)C1=O. The lowest BCUT2D eigenvalue weighted by molar-refractivity contribution is -0.152. The molecule has 6 nitrogen and oxygen atoms in total. The number of amides is 3. The van der Waals surface area contributed by atoms with Gasteiger partial charge in [-0.25, -0.2) is 9.69 Å². The summed E-state index contributed by atoms with van der Waals surface area (Å²) in [5.41, 5.74) is 2.34. The third-order valence-corrected chi connectivity index (χ3v) is 4.09. The Labute approximate surface area is 136 Å². The fraction of sp³-hybridized carbons (Fsp3) is 0.529. The molecule has 1 aliphatic rings. The van der Waals surface area contributed by atoms with Gasteiger partial charge >= 0.3 is 6.03 Å². The zero-order valence-electron chi connectivity index (χ0n) is 13.8. The number of aryl methyl sites for hydroxylation is 2. The van der Waals surface area contributed by atoms with Crippen LogP contribution in [0, 0.1) is 12.8 Å². The number of nitrogens with one attached hydrogen (secondary N) is 1. The number of benzene rings is 1. The first-order valence-corrected chi connectivity index (χ1v) is 7.86. The smallest absolute Gasteiger partial charge is 0.326 e. The van der Waals surface area contributed by atoms with Crippen LogP contribution in [0.4, 0.5) is 4.79 Å². The van der Waals surface area contributed by atoms with Gasteiger partial charge in [-0.2, -0.15) is 0 Å². The molecule has 1 aromatic carbocycles. The van der Waals surface area contributed by atoms with Gasteiger partial charge in [-0.15, -0.1) is 0 Å². The number of aliphatic hydroxyl groups excluding tert-OH is 1. The van der Waals surface area contributed by atoms with Gasteiger partial charge < -0.3 is 15.2 Å². The number of imide groups is 1. The molecular formula is C17H24N2O4. The summed E-state index contributed by atoms with van der Waals surface area (Å²) in [6.45, 7) is 5.16. The highest BCUT2D eigenvalue weighted by atomic mass is 16.6. The summed E-state index contributed by atoms with van der Waals surface area (Å²) in [5, 5.41) is 11.7. The van der Waals surface area contributed by atoms with E-state index in [1.165, 1.54) is 11.1 Å². The molecule has 3 amide bonds. The molecule has 1 heterocycles. The monoisotopic (exact) mass is 320 g/mol. The van der Waals surface area contributed by atoms with Crippen LogP contribution in [-0.4, -0.2) is 41.0 Å². The summed E-state index contributed by atoms with van der Waals surface area (Å²) in [4.78, 5) is 25.7. The number of urea groups is 1. The number of rotatable bonds is 7. The van der Waals surface area contributed by atoms with E-state index < -0.39 is 25.1 Å². The van der Waals surface area contributed by atoms with Crippen molar-refractivity contribution in [1.29, 1.82) is 0 Å². The largest absolute Gasteiger partial charge is 0.371 e. The van der Waals surface area contributed by atoms with Gasteiger partial charge in [0.2, 0.25) is 0 Å². The summed E-state index contributed by atoms with van der Waals surface area (Å²) in [5.74, 6) is -0.400. The predicted octanol–water partition coefficient (Wildman–Crippen LogP) is 1.80. The Balaban J connectivity index is 2.04. The third kappa shape index (κ3) is 3.89. The molecule has 23 heavy (non-hydrogen) atoms.